The Morgan fingerprint density at radius 3 is 2.32 bits per heavy atom. The number of aromatic nitrogens is 1. The third kappa shape index (κ3) is 3.90. The van der Waals surface area contributed by atoms with Gasteiger partial charge in [-0.3, -0.25) is 0 Å². The van der Waals surface area contributed by atoms with Gasteiger partial charge in [-0.2, -0.15) is 0 Å². The number of carboxylic acid groups (broad SMARTS) is 1. The molecule has 0 unspecified atom stereocenters. The van der Waals surface area contributed by atoms with Gasteiger partial charge in [-0.25, -0.2) is 0 Å². The molecule has 1 aromatic carbocycles. The van der Waals surface area contributed by atoms with Crippen molar-refractivity contribution in [2.45, 2.75) is 27.3 Å². The zero-order chi connectivity index (χ0) is 18.6. The van der Waals surface area contributed by atoms with E-state index in [1.165, 1.54) is 6.92 Å². The van der Waals surface area contributed by atoms with Crippen molar-refractivity contribution in [3.63, 3.8) is 0 Å². The van der Waals surface area contributed by atoms with E-state index in [1.54, 1.807) is 30.0 Å². The first-order valence-electron chi connectivity index (χ1n) is 8.07. The molecule has 1 aromatic heterocycles. The van der Waals surface area contributed by atoms with Gasteiger partial charge in [0.2, 0.25) is 0 Å². The zero-order valence-electron chi connectivity index (χ0n) is 14.9. The van der Waals surface area contributed by atoms with Crippen LogP contribution in [-0.2, 0) is 24.9 Å². The fourth-order valence-electron chi connectivity index (χ4n) is 2.86. The van der Waals surface area contributed by atoms with Gasteiger partial charge in [0.1, 0.15) is 0 Å². The van der Waals surface area contributed by atoms with Crippen molar-refractivity contribution in [3.05, 3.63) is 30.0 Å². The van der Waals surface area contributed by atoms with Crippen LogP contribution in [0.4, 0.5) is 0 Å². The predicted octanol–water partition coefficient (Wildman–Crippen LogP) is 2.77. The normalized spacial score (nSPS) is 12.5. The molecular formula is C17H24NO6P. The summed E-state index contributed by atoms with van der Waals surface area (Å²) in [4.78, 5) is 23.0. The second-order valence-electron chi connectivity index (χ2n) is 5.48. The summed E-state index contributed by atoms with van der Waals surface area (Å²) in [6, 6.07) is 5.41. The molecule has 0 aliphatic rings. The summed E-state index contributed by atoms with van der Waals surface area (Å²) in [6.07, 6.45) is 1.57. The molecule has 0 saturated carbocycles. The second kappa shape index (κ2) is 8.06. The van der Waals surface area contributed by atoms with Crippen molar-refractivity contribution >= 4 is 35.9 Å². The van der Waals surface area contributed by atoms with Gasteiger partial charge in [-0.1, -0.05) is 0 Å². The average molecular weight is 369 g/mol. The van der Waals surface area contributed by atoms with Crippen LogP contribution in [0.1, 0.15) is 31.1 Å². The number of hydrogen-bond donors (Lipinski definition) is 1. The van der Waals surface area contributed by atoms with Crippen LogP contribution in [0.3, 0.4) is 0 Å². The number of benzene rings is 1. The van der Waals surface area contributed by atoms with Gasteiger partial charge in [0.15, 0.2) is 0 Å². The molecule has 2 rings (SSSR count). The summed E-state index contributed by atoms with van der Waals surface area (Å²) in [6.45, 7) is 5.79. The number of nitrogens with zero attached hydrogens (tertiary/aromatic N) is 1. The van der Waals surface area contributed by atoms with Crippen molar-refractivity contribution in [1.29, 1.82) is 0 Å². The fraction of sp³-hybridized carbons (Fsp3) is 0.412. The summed E-state index contributed by atoms with van der Waals surface area (Å²) in [5.41, 5.74) is 1.12. The number of fused-ring (bicyclic) bond motifs is 1. The number of hydrogen-bond acceptors (Lipinski definition) is 5. The Balaban J connectivity index is 2.67. The number of carbonyl (C=O) groups excluding carboxylic acids is 1. The van der Waals surface area contributed by atoms with E-state index in [2.05, 4.69) is 0 Å². The predicted molar refractivity (Wildman–Crippen MR) is 97.8 cm³/mol. The number of rotatable bonds is 9. The molecule has 0 aliphatic carbocycles. The molecule has 0 radical (unpaired) electrons. The molecule has 2 aromatic rings. The Bertz CT molecular complexity index is 779. The Morgan fingerprint density at radius 1 is 1.20 bits per heavy atom. The standard InChI is InChI=1S/C17H24NO6P/c1-5-23-25(22-4,24-6-2)13-7-8-14-15(12(3)19)10-18(11-17(20)21)16(14)9-13/h7-10,25H,5-6,11H2,1-4H3,(H,20,21). The first kappa shape index (κ1) is 19.5. The summed E-state index contributed by atoms with van der Waals surface area (Å²) < 4.78 is 18.8. The summed E-state index contributed by atoms with van der Waals surface area (Å²) in [5.74, 6) is -1.10. The number of Topliss-reactive ketones (excluding diaryl/α,β-unsaturated/α-hetero) is 1. The Hall–Kier alpha value is -1.79. The SMILES string of the molecule is CCO[PH](OC)(OCC)c1ccc2c(C(C)=O)cn(CC(=O)O)c2c1. The Morgan fingerprint density at radius 2 is 1.84 bits per heavy atom. The summed E-state index contributed by atoms with van der Waals surface area (Å²) in [5, 5.41) is 10.6. The Kier molecular flexibility index (Phi) is 6.30. The van der Waals surface area contributed by atoms with E-state index in [9.17, 15) is 9.59 Å². The van der Waals surface area contributed by atoms with Crippen LogP contribution in [0.5, 0.6) is 0 Å². The van der Waals surface area contributed by atoms with Crippen molar-refractivity contribution in [3.8, 4) is 0 Å². The second-order valence-corrected chi connectivity index (χ2v) is 8.15. The van der Waals surface area contributed by atoms with Gasteiger partial charge >= 0.3 is 146 Å². The zero-order valence-corrected chi connectivity index (χ0v) is 15.9. The van der Waals surface area contributed by atoms with E-state index < -0.39 is 13.9 Å². The van der Waals surface area contributed by atoms with Crippen LogP contribution in [0.25, 0.3) is 10.9 Å². The van der Waals surface area contributed by atoms with Crippen LogP contribution in [0.15, 0.2) is 24.4 Å². The van der Waals surface area contributed by atoms with Crippen molar-refractivity contribution in [1.82, 2.24) is 4.57 Å². The minimum absolute atomic E-state index is 0.119. The molecule has 0 aliphatic heterocycles. The van der Waals surface area contributed by atoms with Crippen LogP contribution >= 0.6 is 7.94 Å². The van der Waals surface area contributed by atoms with Gasteiger partial charge in [-0.15, -0.1) is 0 Å². The van der Waals surface area contributed by atoms with E-state index in [-0.39, 0.29) is 12.3 Å². The quantitative estimate of drug-likeness (QED) is 0.540. The molecule has 8 heteroatoms. The summed E-state index contributed by atoms with van der Waals surface area (Å²) >= 11 is 0. The summed E-state index contributed by atoms with van der Waals surface area (Å²) in [7, 11) is -1.55. The molecule has 0 bridgehead atoms. The van der Waals surface area contributed by atoms with Gasteiger partial charge in [0.25, 0.3) is 0 Å². The monoisotopic (exact) mass is 369 g/mol. The first-order chi connectivity index (χ1) is 11.9. The molecular weight excluding hydrogens is 345 g/mol. The third-order valence-electron chi connectivity index (χ3n) is 3.86. The van der Waals surface area contributed by atoms with Crippen molar-refractivity contribution < 1.29 is 28.3 Å². The average Bonchev–Trinajstić information content (AvgIpc) is 2.92. The molecule has 1 heterocycles. The van der Waals surface area contributed by atoms with E-state index >= 15 is 0 Å². The first-order valence-corrected chi connectivity index (χ1v) is 9.80. The molecule has 0 amide bonds. The van der Waals surface area contributed by atoms with Crippen molar-refractivity contribution in [2.24, 2.45) is 0 Å². The topological polar surface area (TPSA) is 87.0 Å². The van der Waals surface area contributed by atoms with Crippen LogP contribution in [-0.4, -0.2) is 41.7 Å². The number of carboxylic acids is 1. The fourth-order valence-corrected chi connectivity index (χ4v) is 5.11. The Labute approximate surface area is 147 Å². The molecule has 0 fully saturated rings. The van der Waals surface area contributed by atoms with Gasteiger partial charge in [-0.05, 0) is 0 Å². The molecule has 7 nitrogen and oxygen atoms in total. The van der Waals surface area contributed by atoms with E-state index in [0.29, 0.717) is 29.7 Å². The third-order valence-corrected chi connectivity index (χ3v) is 6.75. The van der Waals surface area contributed by atoms with Crippen LogP contribution in [0, 0.1) is 0 Å². The molecule has 0 spiro atoms. The van der Waals surface area contributed by atoms with E-state index in [4.69, 9.17) is 18.7 Å². The van der Waals surface area contributed by atoms with Crippen LogP contribution < -0.4 is 5.30 Å². The van der Waals surface area contributed by atoms with Gasteiger partial charge in [0, 0.05) is 0 Å². The molecule has 25 heavy (non-hydrogen) atoms. The van der Waals surface area contributed by atoms with Gasteiger partial charge in [0.05, 0.1) is 0 Å². The number of aliphatic carboxylic acids is 1. The van der Waals surface area contributed by atoms with E-state index in [0.717, 1.165) is 5.30 Å². The van der Waals surface area contributed by atoms with Gasteiger partial charge < -0.3 is 0 Å². The number of carbonyl (C=O) groups is 2. The van der Waals surface area contributed by atoms with Crippen molar-refractivity contribution in [2.75, 3.05) is 20.3 Å². The number of ketones is 1. The molecule has 1 N–H and O–H groups in total. The minimum atomic E-state index is -3.09. The maximum absolute atomic E-state index is 11.9. The molecule has 138 valence electrons. The van der Waals surface area contributed by atoms with Crippen LogP contribution in [0.2, 0.25) is 0 Å². The molecule has 0 atom stereocenters. The maximum atomic E-state index is 11.9. The molecule has 0 saturated heterocycles. The van der Waals surface area contributed by atoms with E-state index in [1.807, 2.05) is 19.9 Å².